The molecule has 7 nitrogen and oxygen atoms in total. The summed E-state index contributed by atoms with van der Waals surface area (Å²) in [5, 5.41) is 3.13. The van der Waals surface area contributed by atoms with Crippen molar-refractivity contribution in [2.75, 3.05) is 10.8 Å². The van der Waals surface area contributed by atoms with Gasteiger partial charge in [-0.25, -0.2) is 12.8 Å². The lowest BCUT2D eigenvalue weighted by Crippen LogP contribution is -2.54. The van der Waals surface area contributed by atoms with Gasteiger partial charge in [-0.05, 0) is 62.6 Å². The first kappa shape index (κ1) is 32.9. The SMILES string of the molecule is Cc1ccc(N(CC(=O)N(Cc2ccccc2F)[C@@H](Cc2ccccc2)C(=O)NC2CCCC2)S(=O)(=O)c2ccc(C)cc2)cc1. The monoisotopic (exact) mass is 641 g/mol. The maximum absolute atomic E-state index is 15.1. The van der Waals surface area contributed by atoms with Crippen molar-refractivity contribution in [3.63, 3.8) is 0 Å². The van der Waals surface area contributed by atoms with E-state index in [9.17, 15) is 18.0 Å². The van der Waals surface area contributed by atoms with E-state index in [2.05, 4.69) is 5.32 Å². The Labute approximate surface area is 271 Å². The molecule has 0 unspecified atom stereocenters. The van der Waals surface area contributed by atoms with Crippen LogP contribution in [-0.2, 0) is 32.6 Å². The van der Waals surface area contributed by atoms with Gasteiger partial charge in [0.15, 0.2) is 0 Å². The number of amides is 2. The van der Waals surface area contributed by atoms with Crippen LogP contribution < -0.4 is 9.62 Å². The predicted octanol–water partition coefficient (Wildman–Crippen LogP) is 6.34. The van der Waals surface area contributed by atoms with Crippen LogP contribution in [0.25, 0.3) is 0 Å². The maximum Gasteiger partial charge on any atom is 0.264 e. The number of rotatable bonds is 12. The Morgan fingerprint density at radius 3 is 2.04 bits per heavy atom. The molecule has 5 rings (SSSR count). The molecule has 0 aromatic heterocycles. The fourth-order valence-electron chi connectivity index (χ4n) is 5.81. The average molecular weight is 642 g/mol. The number of aryl methyl sites for hydroxylation is 2. The highest BCUT2D eigenvalue weighted by Crippen LogP contribution is 2.26. The summed E-state index contributed by atoms with van der Waals surface area (Å²) in [7, 11) is -4.21. The number of nitrogens with one attached hydrogen (secondary N) is 1. The minimum Gasteiger partial charge on any atom is -0.352 e. The molecule has 4 aromatic rings. The molecule has 1 aliphatic carbocycles. The second kappa shape index (κ2) is 14.7. The largest absolute Gasteiger partial charge is 0.352 e. The first-order valence-electron chi connectivity index (χ1n) is 15.6. The zero-order valence-electron chi connectivity index (χ0n) is 26.2. The molecule has 0 bridgehead atoms. The zero-order chi connectivity index (χ0) is 32.7. The van der Waals surface area contributed by atoms with Crippen LogP contribution in [0.4, 0.5) is 10.1 Å². The Balaban J connectivity index is 1.57. The second-order valence-electron chi connectivity index (χ2n) is 12.0. The maximum atomic E-state index is 15.1. The number of carbonyl (C=O) groups excluding carboxylic acids is 2. The second-order valence-corrected chi connectivity index (χ2v) is 13.8. The van der Waals surface area contributed by atoms with Crippen LogP contribution in [0.1, 0.15) is 47.9 Å². The van der Waals surface area contributed by atoms with Crippen LogP contribution >= 0.6 is 0 Å². The van der Waals surface area contributed by atoms with Crippen molar-refractivity contribution in [1.82, 2.24) is 10.2 Å². The summed E-state index contributed by atoms with van der Waals surface area (Å²) in [5.41, 5.74) is 3.18. The van der Waals surface area contributed by atoms with Gasteiger partial charge in [0.1, 0.15) is 18.4 Å². The summed E-state index contributed by atoms with van der Waals surface area (Å²) in [6, 6.07) is 27.7. The minimum absolute atomic E-state index is 0.0119. The van der Waals surface area contributed by atoms with Gasteiger partial charge >= 0.3 is 0 Å². The summed E-state index contributed by atoms with van der Waals surface area (Å²) >= 11 is 0. The summed E-state index contributed by atoms with van der Waals surface area (Å²) in [6.45, 7) is 2.95. The third-order valence-corrected chi connectivity index (χ3v) is 10.3. The van der Waals surface area contributed by atoms with Crippen molar-refractivity contribution in [3.8, 4) is 0 Å². The molecular weight excluding hydrogens is 601 g/mol. The molecule has 1 N–H and O–H groups in total. The lowest BCUT2D eigenvalue weighted by molar-refractivity contribution is -0.140. The van der Waals surface area contributed by atoms with E-state index in [1.54, 1.807) is 54.6 Å². The number of hydrogen-bond acceptors (Lipinski definition) is 4. The van der Waals surface area contributed by atoms with Gasteiger partial charge in [-0.3, -0.25) is 13.9 Å². The van der Waals surface area contributed by atoms with Gasteiger partial charge in [-0.15, -0.1) is 0 Å². The molecule has 0 radical (unpaired) electrons. The van der Waals surface area contributed by atoms with Crippen molar-refractivity contribution >= 4 is 27.5 Å². The van der Waals surface area contributed by atoms with Crippen LogP contribution in [0, 0.1) is 19.7 Å². The smallest absolute Gasteiger partial charge is 0.264 e. The van der Waals surface area contributed by atoms with Crippen LogP contribution in [-0.4, -0.2) is 43.8 Å². The van der Waals surface area contributed by atoms with Crippen molar-refractivity contribution < 1.29 is 22.4 Å². The molecule has 4 aromatic carbocycles. The lowest BCUT2D eigenvalue weighted by Gasteiger charge is -2.34. The molecule has 1 fully saturated rings. The molecule has 1 aliphatic rings. The first-order valence-corrected chi connectivity index (χ1v) is 17.1. The molecular formula is C37H40FN3O4S. The lowest BCUT2D eigenvalue weighted by atomic mass is 10.0. The third kappa shape index (κ3) is 8.01. The molecule has 46 heavy (non-hydrogen) atoms. The molecule has 1 atom stereocenters. The van der Waals surface area contributed by atoms with Crippen molar-refractivity contribution in [2.45, 2.75) is 69.5 Å². The van der Waals surface area contributed by atoms with Gasteiger partial charge in [0, 0.05) is 24.6 Å². The Kier molecular flexibility index (Phi) is 10.5. The minimum atomic E-state index is -4.21. The number of benzene rings is 4. The fraction of sp³-hybridized carbons (Fsp3) is 0.297. The molecule has 1 saturated carbocycles. The number of hydrogen-bond donors (Lipinski definition) is 1. The van der Waals surface area contributed by atoms with Gasteiger partial charge in [0.05, 0.1) is 10.6 Å². The van der Waals surface area contributed by atoms with Crippen LogP contribution in [0.2, 0.25) is 0 Å². The molecule has 0 heterocycles. The standard InChI is InChI=1S/C37H40FN3O4S/c1-27-16-20-32(21-17-27)41(46(44,45)33-22-18-28(2)19-23-33)26-36(42)40(25-30-12-6-9-15-34(30)38)35(24-29-10-4-3-5-11-29)37(43)39-31-13-7-8-14-31/h3-6,9-12,15-23,31,35H,7-8,13-14,24-26H2,1-2H3,(H,39,43)/t35-/m0/s1. The molecule has 9 heteroatoms. The Morgan fingerprint density at radius 1 is 0.826 bits per heavy atom. The molecule has 0 saturated heterocycles. The van der Waals surface area contributed by atoms with Crippen molar-refractivity contribution in [1.29, 1.82) is 0 Å². The normalized spacial score (nSPS) is 14.1. The number of anilines is 1. The molecule has 240 valence electrons. The predicted molar refractivity (Wildman–Crippen MR) is 178 cm³/mol. The van der Waals surface area contributed by atoms with Crippen LogP contribution in [0.5, 0.6) is 0 Å². The number of nitrogens with zero attached hydrogens (tertiary/aromatic N) is 2. The zero-order valence-corrected chi connectivity index (χ0v) is 27.0. The highest BCUT2D eigenvalue weighted by Gasteiger charge is 2.36. The Hall–Kier alpha value is -4.50. The van der Waals surface area contributed by atoms with E-state index in [0.717, 1.165) is 46.7 Å². The van der Waals surface area contributed by atoms with Gasteiger partial charge in [-0.2, -0.15) is 0 Å². The topological polar surface area (TPSA) is 86.8 Å². The Bertz CT molecular complexity index is 1740. The Morgan fingerprint density at radius 2 is 1.41 bits per heavy atom. The third-order valence-electron chi connectivity index (χ3n) is 8.48. The fourth-order valence-corrected chi connectivity index (χ4v) is 7.22. The number of carbonyl (C=O) groups is 2. The molecule has 0 aliphatic heterocycles. The van der Waals surface area contributed by atoms with E-state index >= 15 is 4.39 Å². The van der Waals surface area contributed by atoms with E-state index in [1.807, 2.05) is 44.2 Å². The average Bonchev–Trinajstić information content (AvgIpc) is 3.56. The number of halogens is 1. The van der Waals surface area contributed by atoms with E-state index < -0.39 is 34.3 Å². The van der Waals surface area contributed by atoms with E-state index in [4.69, 9.17) is 0 Å². The summed E-state index contributed by atoms with van der Waals surface area (Å²) < 4.78 is 44.4. The van der Waals surface area contributed by atoms with Gasteiger partial charge in [0.2, 0.25) is 11.8 Å². The van der Waals surface area contributed by atoms with E-state index in [0.29, 0.717) is 5.69 Å². The highest BCUT2D eigenvalue weighted by atomic mass is 32.2. The van der Waals surface area contributed by atoms with E-state index in [-0.39, 0.29) is 35.4 Å². The summed E-state index contributed by atoms with van der Waals surface area (Å²) in [4.78, 5) is 29.9. The van der Waals surface area contributed by atoms with Gasteiger partial charge < -0.3 is 10.2 Å². The summed E-state index contributed by atoms with van der Waals surface area (Å²) in [6.07, 6.45) is 3.89. The first-order chi connectivity index (χ1) is 22.1. The molecule has 2 amide bonds. The quantitative estimate of drug-likeness (QED) is 0.196. The van der Waals surface area contributed by atoms with Gasteiger partial charge in [0.25, 0.3) is 10.0 Å². The van der Waals surface area contributed by atoms with E-state index in [1.165, 1.54) is 23.1 Å². The molecule has 0 spiro atoms. The van der Waals surface area contributed by atoms with Crippen LogP contribution in [0.3, 0.4) is 0 Å². The van der Waals surface area contributed by atoms with Crippen molar-refractivity contribution in [3.05, 3.63) is 131 Å². The van der Waals surface area contributed by atoms with Crippen LogP contribution in [0.15, 0.2) is 108 Å². The van der Waals surface area contributed by atoms with Gasteiger partial charge in [-0.1, -0.05) is 96.8 Å². The summed E-state index contributed by atoms with van der Waals surface area (Å²) in [5.74, 6) is -1.48. The highest BCUT2D eigenvalue weighted by molar-refractivity contribution is 7.92. The number of sulfonamides is 1. The van der Waals surface area contributed by atoms with Crippen molar-refractivity contribution in [2.24, 2.45) is 0 Å².